The molecule has 0 amide bonds. The molecule has 0 N–H and O–H groups in total. The van der Waals surface area contributed by atoms with Crippen LogP contribution in [0.1, 0.15) is 18.2 Å². The Kier molecular flexibility index (Phi) is 4.97. The van der Waals surface area contributed by atoms with Crippen LogP contribution in [0.15, 0.2) is 34.1 Å². The molecule has 27 heavy (non-hydrogen) atoms. The number of pyridine rings is 1. The number of hydrogen-bond donors (Lipinski definition) is 0. The van der Waals surface area contributed by atoms with E-state index < -0.39 is 28.6 Å². The zero-order valence-electron chi connectivity index (χ0n) is 14.4. The first kappa shape index (κ1) is 19.0. The van der Waals surface area contributed by atoms with Gasteiger partial charge in [-0.3, -0.25) is 4.79 Å². The summed E-state index contributed by atoms with van der Waals surface area (Å²) in [6.45, 7) is 7.01. The molecule has 140 valence electrons. The third kappa shape index (κ3) is 3.08. The van der Waals surface area contributed by atoms with Crippen molar-refractivity contribution in [2.75, 3.05) is 0 Å². The van der Waals surface area contributed by atoms with Gasteiger partial charge in [-0.1, -0.05) is 29.4 Å². The minimum atomic E-state index is -1.15. The highest BCUT2D eigenvalue weighted by atomic mass is 35.5. The fourth-order valence-electron chi connectivity index (χ4n) is 2.97. The Morgan fingerprint density at radius 3 is 2.44 bits per heavy atom. The van der Waals surface area contributed by atoms with Gasteiger partial charge >= 0.3 is 0 Å². The van der Waals surface area contributed by atoms with E-state index in [1.54, 1.807) is 13.8 Å². The van der Waals surface area contributed by atoms with Crippen LogP contribution in [0.4, 0.5) is 13.2 Å². The van der Waals surface area contributed by atoms with Crippen molar-refractivity contribution in [1.82, 2.24) is 9.72 Å². The average molecular weight is 395 g/mol. The van der Waals surface area contributed by atoms with E-state index in [1.807, 2.05) is 0 Å². The lowest BCUT2D eigenvalue weighted by Crippen LogP contribution is -2.23. The van der Waals surface area contributed by atoms with E-state index in [0.29, 0.717) is 23.5 Å². The van der Waals surface area contributed by atoms with Crippen LogP contribution in [0.2, 0.25) is 5.02 Å². The average Bonchev–Trinajstić information content (AvgIpc) is 2.97. The summed E-state index contributed by atoms with van der Waals surface area (Å²) in [5.41, 5.74) is -0.448. The fourth-order valence-corrected chi connectivity index (χ4v) is 3.18. The molecule has 0 radical (unpaired) electrons. The van der Waals surface area contributed by atoms with E-state index in [2.05, 4.69) is 11.7 Å². The molecule has 8 heteroatoms. The van der Waals surface area contributed by atoms with Crippen molar-refractivity contribution in [3.63, 3.8) is 0 Å². The summed E-state index contributed by atoms with van der Waals surface area (Å²) in [7, 11) is 0. The molecule has 0 aliphatic heterocycles. The quantitative estimate of drug-likeness (QED) is 0.610. The Hall–Kier alpha value is -2.80. The molecule has 0 aliphatic rings. The normalized spacial score (nSPS) is 11.0. The molecule has 0 aliphatic carbocycles. The molecule has 3 aromatic rings. The lowest BCUT2D eigenvalue weighted by molar-refractivity contribution is 0.399. The third-order valence-electron chi connectivity index (χ3n) is 4.17. The van der Waals surface area contributed by atoms with Gasteiger partial charge in [-0.2, -0.15) is 0 Å². The van der Waals surface area contributed by atoms with Crippen LogP contribution in [0.5, 0.6) is 0 Å². The number of aromatic nitrogens is 2. The molecule has 0 spiro atoms. The Morgan fingerprint density at radius 1 is 1.26 bits per heavy atom. The lowest BCUT2D eigenvalue weighted by Gasteiger charge is -2.17. The second-order valence-corrected chi connectivity index (χ2v) is 6.16. The summed E-state index contributed by atoms with van der Waals surface area (Å²) < 4.78 is 48.7. The zero-order chi connectivity index (χ0) is 19.9. The van der Waals surface area contributed by atoms with Crippen LogP contribution in [0.3, 0.4) is 0 Å². The van der Waals surface area contributed by atoms with E-state index in [-0.39, 0.29) is 28.5 Å². The van der Waals surface area contributed by atoms with Gasteiger partial charge in [-0.05, 0) is 19.9 Å². The van der Waals surface area contributed by atoms with Crippen molar-refractivity contribution in [1.29, 1.82) is 0 Å². The minimum absolute atomic E-state index is 0.0677. The highest BCUT2D eigenvalue weighted by molar-refractivity contribution is 6.30. The SMILES string of the molecule is C=Cc1c(-c2cc(Cl)c(=O)n(CC)c2-c2c(F)cc(F)cc2F)noc1C. The first-order valence-electron chi connectivity index (χ1n) is 7.97. The molecule has 2 aromatic heterocycles. The maximum Gasteiger partial charge on any atom is 0.269 e. The van der Waals surface area contributed by atoms with Gasteiger partial charge in [0.15, 0.2) is 0 Å². The van der Waals surface area contributed by atoms with Crippen molar-refractivity contribution >= 4 is 17.7 Å². The van der Waals surface area contributed by atoms with E-state index in [4.69, 9.17) is 16.1 Å². The first-order chi connectivity index (χ1) is 12.8. The molecule has 0 bridgehead atoms. The summed E-state index contributed by atoms with van der Waals surface area (Å²) in [5, 5.41) is 3.77. The molecule has 0 atom stereocenters. The maximum atomic E-state index is 14.5. The minimum Gasteiger partial charge on any atom is -0.360 e. The van der Waals surface area contributed by atoms with Gasteiger partial charge in [-0.15, -0.1) is 0 Å². The van der Waals surface area contributed by atoms with Gasteiger partial charge in [0.1, 0.15) is 33.9 Å². The topological polar surface area (TPSA) is 48.0 Å². The predicted molar refractivity (Wildman–Crippen MR) is 97.0 cm³/mol. The van der Waals surface area contributed by atoms with Crippen LogP contribution in [0, 0.1) is 24.4 Å². The van der Waals surface area contributed by atoms with Crippen molar-refractivity contribution in [2.24, 2.45) is 0 Å². The summed E-state index contributed by atoms with van der Waals surface area (Å²) in [4.78, 5) is 12.5. The van der Waals surface area contributed by atoms with Crippen molar-refractivity contribution < 1.29 is 17.7 Å². The molecule has 0 saturated carbocycles. The van der Waals surface area contributed by atoms with Gasteiger partial charge in [-0.25, -0.2) is 13.2 Å². The van der Waals surface area contributed by atoms with Crippen molar-refractivity contribution in [3.8, 4) is 22.5 Å². The second-order valence-electron chi connectivity index (χ2n) is 5.75. The number of aryl methyl sites for hydroxylation is 1. The smallest absolute Gasteiger partial charge is 0.269 e. The zero-order valence-corrected chi connectivity index (χ0v) is 15.2. The number of hydrogen-bond acceptors (Lipinski definition) is 3. The van der Waals surface area contributed by atoms with Crippen molar-refractivity contribution in [2.45, 2.75) is 20.4 Å². The Bertz CT molecular complexity index is 1100. The Balaban J connectivity index is 2.52. The second kappa shape index (κ2) is 7.08. The Labute approximate surface area is 157 Å². The molecule has 3 rings (SSSR count). The number of halogens is 4. The fraction of sp³-hybridized carbons (Fsp3) is 0.158. The molecule has 1 aromatic carbocycles. The lowest BCUT2D eigenvalue weighted by atomic mass is 9.98. The monoisotopic (exact) mass is 394 g/mol. The molecule has 4 nitrogen and oxygen atoms in total. The van der Waals surface area contributed by atoms with Crippen LogP contribution in [0.25, 0.3) is 28.6 Å². The molecular formula is C19H14ClF3N2O2. The standard InChI is InChI=1S/C19H14ClF3N2O2/c1-4-11-9(3)27-24-17(11)12-8-13(20)19(26)25(5-2)18(12)16-14(22)6-10(21)7-15(16)23/h4,6-8H,1,5H2,2-3H3. The largest absolute Gasteiger partial charge is 0.360 e. The highest BCUT2D eigenvalue weighted by Crippen LogP contribution is 2.38. The van der Waals surface area contributed by atoms with E-state index >= 15 is 0 Å². The number of rotatable bonds is 4. The maximum absolute atomic E-state index is 14.5. The summed E-state index contributed by atoms with van der Waals surface area (Å²) in [6, 6.07) is 2.35. The van der Waals surface area contributed by atoms with Gasteiger partial charge < -0.3 is 9.09 Å². The first-order valence-corrected chi connectivity index (χ1v) is 8.35. The van der Waals surface area contributed by atoms with E-state index in [9.17, 15) is 18.0 Å². The Morgan fingerprint density at radius 2 is 1.89 bits per heavy atom. The number of nitrogens with zero attached hydrogens (tertiary/aromatic N) is 2. The van der Waals surface area contributed by atoms with Gasteiger partial charge in [0.25, 0.3) is 5.56 Å². The summed E-state index contributed by atoms with van der Waals surface area (Å²) >= 11 is 6.05. The van der Waals surface area contributed by atoms with Crippen LogP contribution < -0.4 is 5.56 Å². The van der Waals surface area contributed by atoms with Crippen LogP contribution in [-0.4, -0.2) is 9.72 Å². The highest BCUT2D eigenvalue weighted by Gasteiger charge is 2.26. The van der Waals surface area contributed by atoms with Crippen LogP contribution >= 0.6 is 11.6 Å². The van der Waals surface area contributed by atoms with E-state index in [0.717, 1.165) is 4.57 Å². The molecule has 0 unspecified atom stereocenters. The van der Waals surface area contributed by atoms with Gasteiger partial charge in [0.05, 0.1) is 11.3 Å². The molecular weight excluding hydrogens is 381 g/mol. The molecule has 2 heterocycles. The molecule has 0 fully saturated rings. The van der Waals surface area contributed by atoms with Gasteiger partial charge in [0.2, 0.25) is 0 Å². The molecule has 0 saturated heterocycles. The summed E-state index contributed by atoms with van der Waals surface area (Å²) in [6.07, 6.45) is 1.47. The predicted octanol–water partition coefficient (Wildman–Crippen LogP) is 5.21. The van der Waals surface area contributed by atoms with Crippen molar-refractivity contribution in [3.05, 3.63) is 68.9 Å². The summed E-state index contributed by atoms with van der Waals surface area (Å²) in [5.74, 6) is -2.95. The van der Waals surface area contributed by atoms with Crippen LogP contribution in [-0.2, 0) is 6.54 Å². The van der Waals surface area contributed by atoms with E-state index in [1.165, 1.54) is 12.1 Å². The number of benzene rings is 1. The third-order valence-corrected chi connectivity index (χ3v) is 4.44. The van der Waals surface area contributed by atoms with Gasteiger partial charge in [0, 0.05) is 29.8 Å².